The summed E-state index contributed by atoms with van der Waals surface area (Å²) in [5.41, 5.74) is 0. The summed E-state index contributed by atoms with van der Waals surface area (Å²) in [6.45, 7) is 7.90. The van der Waals surface area contributed by atoms with Gasteiger partial charge < -0.3 is 14.8 Å². The fourth-order valence-electron chi connectivity index (χ4n) is 1.67. The van der Waals surface area contributed by atoms with E-state index in [1.165, 1.54) is 12.8 Å². The summed E-state index contributed by atoms with van der Waals surface area (Å²) in [6.07, 6.45) is 4.30. The first-order valence-corrected chi connectivity index (χ1v) is 5.77. The second-order valence-electron chi connectivity index (χ2n) is 3.97. The number of nitrogens with one attached hydrogen (secondary N) is 1. The summed E-state index contributed by atoms with van der Waals surface area (Å²) in [4.78, 5) is 0. The molecule has 0 spiro atoms. The first-order valence-electron chi connectivity index (χ1n) is 5.77. The van der Waals surface area contributed by atoms with Crippen molar-refractivity contribution in [3.05, 3.63) is 0 Å². The van der Waals surface area contributed by atoms with Crippen molar-refractivity contribution in [3.8, 4) is 0 Å². The molecule has 0 aromatic rings. The predicted molar refractivity (Wildman–Crippen MR) is 57.5 cm³/mol. The molecule has 3 heteroatoms. The van der Waals surface area contributed by atoms with Crippen LogP contribution < -0.4 is 5.32 Å². The van der Waals surface area contributed by atoms with Crippen molar-refractivity contribution in [1.82, 2.24) is 5.32 Å². The molecule has 2 unspecified atom stereocenters. The van der Waals surface area contributed by atoms with Crippen LogP contribution in [0.1, 0.15) is 33.1 Å². The van der Waals surface area contributed by atoms with Crippen molar-refractivity contribution >= 4 is 0 Å². The van der Waals surface area contributed by atoms with Gasteiger partial charge in [-0.25, -0.2) is 0 Å². The van der Waals surface area contributed by atoms with Crippen LogP contribution in [-0.4, -0.2) is 38.5 Å². The van der Waals surface area contributed by atoms with Gasteiger partial charge in [-0.2, -0.15) is 0 Å². The average Bonchev–Trinajstić information content (AvgIpc) is 2.58. The maximum absolute atomic E-state index is 5.64. The van der Waals surface area contributed by atoms with Crippen LogP contribution in [0.4, 0.5) is 0 Å². The normalized spacial score (nSPS) is 27.0. The van der Waals surface area contributed by atoms with Crippen molar-refractivity contribution in [2.75, 3.05) is 26.3 Å². The van der Waals surface area contributed by atoms with Gasteiger partial charge >= 0.3 is 0 Å². The zero-order chi connectivity index (χ0) is 10.2. The highest BCUT2D eigenvalue weighted by molar-refractivity contribution is 4.69. The molecule has 14 heavy (non-hydrogen) atoms. The lowest BCUT2D eigenvalue weighted by Crippen LogP contribution is -2.23. The zero-order valence-corrected chi connectivity index (χ0v) is 9.42. The van der Waals surface area contributed by atoms with Gasteiger partial charge in [0, 0.05) is 6.54 Å². The molecule has 1 N–H and O–H groups in total. The Morgan fingerprint density at radius 3 is 2.86 bits per heavy atom. The fourth-order valence-corrected chi connectivity index (χ4v) is 1.67. The third kappa shape index (κ3) is 4.94. The Bertz CT molecular complexity index is 141. The minimum absolute atomic E-state index is 0.344. The smallest absolute Gasteiger partial charge is 0.0813 e. The molecule has 0 aliphatic carbocycles. The molecule has 0 saturated carbocycles. The number of hydrogen-bond donors (Lipinski definition) is 1. The topological polar surface area (TPSA) is 30.5 Å². The van der Waals surface area contributed by atoms with Gasteiger partial charge in [0.25, 0.3) is 0 Å². The highest BCUT2D eigenvalue weighted by Crippen LogP contribution is 2.18. The largest absolute Gasteiger partial charge is 0.377 e. The Labute approximate surface area is 87.2 Å². The van der Waals surface area contributed by atoms with Crippen molar-refractivity contribution in [2.24, 2.45) is 0 Å². The Hall–Kier alpha value is -0.120. The third-order valence-electron chi connectivity index (χ3n) is 2.47. The van der Waals surface area contributed by atoms with E-state index < -0.39 is 0 Å². The van der Waals surface area contributed by atoms with E-state index in [4.69, 9.17) is 9.47 Å². The lowest BCUT2D eigenvalue weighted by molar-refractivity contribution is -0.00826. The van der Waals surface area contributed by atoms with Gasteiger partial charge in [-0.3, -0.25) is 0 Å². The first-order chi connectivity index (χ1) is 6.83. The number of ether oxygens (including phenoxy) is 2. The van der Waals surface area contributed by atoms with Crippen molar-refractivity contribution < 1.29 is 9.47 Å². The second-order valence-corrected chi connectivity index (χ2v) is 3.97. The van der Waals surface area contributed by atoms with E-state index >= 15 is 0 Å². The summed E-state index contributed by atoms with van der Waals surface area (Å²) in [5, 5.41) is 3.30. The molecule has 2 atom stereocenters. The molecule has 0 radical (unpaired) electrons. The summed E-state index contributed by atoms with van der Waals surface area (Å²) in [7, 11) is 0. The molecule has 1 rings (SSSR count). The molecule has 0 aromatic heterocycles. The second kappa shape index (κ2) is 7.21. The van der Waals surface area contributed by atoms with Crippen LogP contribution in [-0.2, 0) is 9.47 Å². The highest BCUT2D eigenvalue weighted by atomic mass is 16.5. The molecule has 1 heterocycles. The molecule has 3 nitrogen and oxygen atoms in total. The number of rotatable bonds is 7. The molecule has 84 valence electrons. The Kier molecular flexibility index (Phi) is 6.15. The first kappa shape index (κ1) is 12.0. The Balaban J connectivity index is 1.84. The van der Waals surface area contributed by atoms with Gasteiger partial charge in [-0.1, -0.05) is 6.92 Å². The van der Waals surface area contributed by atoms with Crippen LogP contribution in [0.3, 0.4) is 0 Å². The van der Waals surface area contributed by atoms with Gasteiger partial charge in [0.1, 0.15) is 0 Å². The lowest BCUT2D eigenvalue weighted by atomic mass is 10.2. The fraction of sp³-hybridized carbons (Fsp3) is 1.00. The van der Waals surface area contributed by atoms with Crippen LogP contribution in [0.25, 0.3) is 0 Å². The third-order valence-corrected chi connectivity index (χ3v) is 2.47. The van der Waals surface area contributed by atoms with E-state index in [2.05, 4.69) is 19.2 Å². The van der Waals surface area contributed by atoms with E-state index in [-0.39, 0.29) is 0 Å². The van der Waals surface area contributed by atoms with Crippen molar-refractivity contribution in [3.63, 3.8) is 0 Å². The predicted octanol–water partition coefficient (Wildman–Crippen LogP) is 1.57. The van der Waals surface area contributed by atoms with Gasteiger partial charge in [-0.05, 0) is 32.7 Å². The van der Waals surface area contributed by atoms with Crippen molar-refractivity contribution in [1.29, 1.82) is 0 Å². The lowest BCUT2D eigenvalue weighted by Gasteiger charge is -2.11. The molecule has 1 aliphatic rings. The van der Waals surface area contributed by atoms with Gasteiger partial charge in [0.15, 0.2) is 0 Å². The van der Waals surface area contributed by atoms with E-state index in [1.54, 1.807) is 0 Å². The maximum atomic E-state index is 5.64. The van der Waals surface area contributed by atoms with Gasteiger partial charge in [0.05, 0.1) is 25.4 Å². The molecular formula is C11H23NO2. The summed E-state index contributed by atoms with van der Waals surface area (Å²) >= 11 is 0. The molecule has 0 bridgehead atoms. The van der Waals surface area contributed by atoms with E-state index in [0.29, 0.717) is 12.2 Å². The quantitative estimate of drug-likeness (QED) is 0.634. The SMILES string of the molecule is CCCNCCOCC1CCC(C)O1. The summed E-state index contributed by atoms with van der Waals surface area (Å²) in [6, 6.07) is 0. The minimum atomic E-state index is 0.344. The van der Waals surface area contributed by atoms with Crippen molar-refractivity contribution in [2.45, 2.75) is 45.3 Å². The maximum Gasteiger partial charge on any atom is 0.0813 e. The van der Waals surface area contributed by atoms with Crippen LogP contribution >= 0.6 is 0 Å². The van der Waals surface area contributed by atoms with Crippen LogP contribution in [0.15, 0.2) is 0 Å². The molecular weight excluding hydrogens is 178 g/mol. The number of hydrogen-bond acceptors (Lipinski definition) is 3. The van der Waals surface area contributed by atoms with Gasteiger partial charge in [-0.15, -0.1) is 0 Å². The van der Waals surface area contributed by atoms with Crippen LogP contribution in [0.2, 0.25) is 0 Å². The van der Waals surface area contributed by atoms with Crippen LogP contribution in [0, 0.1) is 0 Å². The summed E-state index contributed by atoms with van der Waals surface area (Å²) < 4.78 is 11.2. The Morgan fingerprint density at radius 2 is 2.21 bits per heavy atom. The van der Waals surface area contributed by atoms with E-state index in [1.807, 2.05) is 0 Å². The molecule has 0 aromatic carbocycles. The minimum Gasteiger partial charge on any atom is -0.377 e. The average molecular weight is 201 g/mol. The van der Waals surface area contributed by atoms with Crippen LogP contribution in [0.5, 0.6) is 0 Å². The monoisotopic (exact) mass is 201 g/mol. The zero-order valence-electron chi connectivity index (χ0n) is 9.42. The molecule has 1 saturated heterocycles. The Morgan fingerprint density at radius 1 is 1.36 bits per heavy atom. The molecule has 1 aliphatic heterocycles. The van der Waals surface area contributed by atoms with E-state index in [0.717, 1.165) is 32.7 Å². The standard InChI is InChI=1S/C11H23NO2/c1-3-6-12-7-8-13-9-11-5-4-10(2)14-11/h10-12H,3-9H2,1-2H3. The van der Waals surface area contributed by atoms with E-state index in [9.17, 15) is 0 Å². The molecule has 1 fully saturated rings. The van der Waals surface area contributed by atoms with Gasteiger partial charge in [0.2, 0.25) is 0 Å². The summed E-state index contributed by atoms with van der Waals surface area (Å²) in [5.74, 6) is 0. The molecule has 0 amide bonds. The highest BCUT2D eigenvalue weighted by Gasteiger charge is 2.21.